The fraction of sp³-hybridized carbons (Fsp3) is 0.833. The molecule has 0 N–H and O–H groups in total. The zero-order valence-electron chi connectivity index (χ0n) is 21.7. The number of carbonyl (C=O) groups excluding carboxylic acids is 1. The lowest BCUT2D eigenvalue weighted by Crippen LogP contribution is -2.60. The van der Waals surface area contributed by atoms with Crippen molar-refractivity contribution in [1.82, 2.24) is 0 Å². The van der Waals surface area contributed by atoms with Gasteiger partial charge in [0.15, 0.2) is 5.78 Å². The van der Waals surface area contributed by atoms with Gasteiger partial charge in [-0.25, -0.2) is 0 Å². The van der Waals surface area contributed by atoms with Crippen LogP contribution in [0.2, 0.25) is 0 Å². The fourth-order valence-corrected chi connectivity index (χ4v) is 11.1. The largest absolute Gasteiger partial charge is 0.488 e. The highest BCUT2D eigenvalue weighted by Crippen LogP contribution is 2.83. The molecule has 0 aromatic heterocycles. The van der Waals surface area contributed by atoms with Gasteiger partial charge in [0.2, 0.25) is 0 Å². The predicted molar refractivity (Wildman–Crippen MR) is 128 cm³/mol. The first-order chi connectivity index (χ1) is 15.4. The van der Waals surface area contributed by atoms with Crippen molar-refractivity contribution < 1.29 is 14.3 Å². The lowest BCUT2D eigenvalue weighted by molar-refractivity contribution is -0.201. The molecule has 7 rings (SSSR count). The molecule has 2 saturated heterocycles. The number of carbonyl (C=O) groups is 1. The first-order valence-electron chi connectivity index (χ1n) is 13.8. The van der Waals surface area contributed by atoms with Crippen molar-refractivity contribution in [3.63, 3.8) is 0 Å². The van der Waals surface area contributed by atoms with E-state index in [9.17, 15) is 4.79 Å². The predicted octanol–water partition coefficient (Wildman–Crippen LogP) is 6.62. The molecule has 0 aromatic rings. The minimum absolute atomic E-state index is 0.0839. The Morgan fingerprint density at radius 3 is 2.55 bits per heavy atom. The molecule has 0 amide bonds. The molecule has 0 aromatic carbocycles. The van der Waals surface area contributed by atoms with E-state index in [0.717, 1.165) is 43.4 Å². The van der Waals surface area contributed by atoms with Crippen LogP contribution in [-0.4, -0.2) is 22.6 Å². The Bertz CT molecular complexity index is 1030. The number of hydrogen-bond acceptors (Lipinski definition) is 3. The number of ether oxygens (including phenoxy) is 2. The molecule has 3 saturated carbocycles. The molecule has 180 valence electrons. The van der Waals surface area contributed by atoms with Crippen LogP contribution in [0.5, 0.6) is 0 Å². The van der Waals surface area contributed by atoms with E-state index in [4.69, 9.17) is 9.47 Å². The van der Waals surface area contributed by atoms with E-state index in [1.807, 2.05) is 0 Å². The minimum atomic E-state index is -0.414. The summed E-state index contributed by atoms with van der Waals surface area (Å²) >= 11 is 0. The average Bonchev–Trinajstić information content (AvgIpc) is 3.13. The van der Waals surface area contributed by atoms with Gasteiger partial charge in [0.1, 0.15) is 17.0 Å². The van der Waals surface area contributed by atoms with Crippen molar-refractivity contribution in [1.29, 1.82) is 0 Å². The van der Waals surface area contributed by atoms with Crippen molar-refractivity contribution in [3.05, 3.63) is 23.0 Å². The molecule has 0 unspecified atom stereocenters. The highest BCUT2D eigenvalue weighted by atomic mass is 16.6. The van der Waals surface area contributed by atoms with Crippen LogP contribution in [0.25, 0.3) is 0 Å². The lowest BCUT2D eigenvalue weighted by Gasteiger charge is -2.55. The van der Waals surface area contributed by atoms with E-state index in [-0.39, 0.29) is 33.9 Å². The van der Waals surface area contributed by atoms with E-state index in [1.165, 1.54) is 18.4 Å². The molecule has 5 fully saturated rings. The van der Waals surface area contributed by atoms with Gasteiger partial charge in [-0.2, -0.15) is 0 Å². The third-order valence-corrected chi connectivity index (χ3v) is 12.0. The van der Waals surface area contributed by atoms with E-state index < -0.39 is 5.60 Å². The molecule has 33 heavy (non-hydrogen) atoms. The summed E-state index contributed by atoms with van der Waals surface area (Å²) < 4.78 is 14.7. The second kappa shape index (κ2) is 5.82. The average molecular weight is 451 g/mol. The Labute approximate surface area is 199 Å². The maximum atomic E-state index is 14.6. The van der Waals surface area contributed by atoms with E-state index in [0.29, 0.717) is 29.5 Å². The van der Waals surface area contributed by atoms with Crippen LogP contribution in [0.3, 0.4) is 0 Å². The third-order valence-electron chi connectivity index (χ3n) is 12.0. The van der Waals surface area contributed by atoms with Crippen molar-refractivity contribution in [2.24, 2.45) is 46.3 Å². The molecule has 8 atom stereocenters. The highest BCUT2D eigenvalue weighted by molar-refractivity contribution is 6.01. The van der Waals surface area contributed by atoms with Gasteiger partial charge in [0, 0.05) is 22.8 Å². The monoisotopic (exact) mass is 450 g/mol. The van der Waals surface area contributed by atoms with Crippen molar-refractivity contribution in [2.45, 2.75) is 110 Å². The zero-order valence-corrected chi connectivity index (χ0v) is 21.7. The standard InChI is InChI=1S/C30H42O3/c1-16(2)22-24(31)23-18-10-9-17(3)19-14-21-27(6,7)32-25(22)30(21)29(19,23)15-28(33-30)12-8-11-26(4,5)20(28)13-18/h9,16,18-21,23H,8,10-15H2,1-7H3/t18-,19-,20+,21+,23-,28+,29+,30+/m1/s1. The van der Waals surface area contributed by atoms with E-state index >= 15 is 0 Å². The van der Waals surface area contributed by atoms with E-state index in [1.54, 1.807) is 0 Å². The number of ketones is 1. The second-order valence-electron chi connectivity index (χ2n) is 14.5. The Balaban J connectivity index is 1.61. The summed E-state index contributed by atoms with van der Waals surface area (Å²) in [5.41, 5.74) is 1.81. The van der Waals surface area contributed by atoms with Gasteiger partial charge in [0.05, 0.1) is 5.60 Å². The molecule has 5 aliphatic carbocycles. The first kappa shape index (κ1) is 21.2. The Kier molecular flexibility index (Phi) is 3.74. The number of rotatable bonds is 1. The first-order valence-corrected chi connectivity index (χ1v) is 13.8. The molecule has 3 spiro atoms. The summed E-state index contributed by atoms with van der Waals surface area (Å²) in [5.74, 6) is 3.37. The lowest BCUT2D eigenvalue weighted by atomic mass is 9.50. The van der Waals surface area contributed by atoms with Gasteiger partial charge < -0.3 is 9.47 Å². The van der Waals surface area contributed by atoms with Crippen molar-refractivity contribution in [2.75, 3.05) is 0 Å². The van der Waals surface area contributed by atoms with Gasteiger partial charge in [-0.3, -0.25) is 4.79 Å². The van der Waals surface area contributed by atoms with Crippen LogP contribution in [0.1, 0.15) is 93.4 Å². The van der Waals surface area contributed by atoms with Crippen LogP contribution in [0, 0.1) is 46.3 Å². The van der Waals surface area contributed by atoms with Gasteiger partial charge in [-0.1, -0.05) is 45.8 Å². The summed E-state index contributed by atoms with van der Waals surface area (Å²) in [5, 5.41) is 0. The van der Waals surface area contributed by atoms with Gasteiger partial charge >= 0.3 is 0 Å². The summed E-state index contributed by atoms with van der Waals surface area (Å²) in [6, 6.07) is 0. The maximum Gasteiger partial charge on any atom is 0.166 e. The maximum absolute atomic E-state index is 14.6. The molecular formula is C30H42O3. The Morgan fingerprint density at radius 1 is 1.06 bits per heavy atom. The molecule has 0 radical (unpaired) electrons. The Morgan fingerprint density at radius 2 is 1.82 bits per heavy atom. The van der Waals surface area contributed by atoms with Crippen LogP contribution in [0.4, 0.5) is 0 Å². The van der Waals surface area contributed by atoms with Crippen LogP contribution < -0.4 is 0 Å². The summed E-state index contributed by atoms with van der Waals surface area (Å²) in [6.45, 7) is 16.3. The smallest absolute Gasteiger partial charge is 0.166 e. The fourth-order valence-electron chi connectivity index (χ4n) is 11.1. The topological polar surface area (TPSA) is 35.5 Å². The molecular weight excluding hydrogens is 408 g/mol. The minimum Gasteiger partial charge on any atom is -0.488 e. The third kappa shape index (κ3) is 2.06. The second-order valence-corrected chi connectivity index (χ2v) is 14.5. The summed E-state index contributed by atoms with van der Waals surface area (Å²) in [4.78, 5) is 14.6. The Hall–Kier alpha value is -1.09. The van der Waals surface area contributed by atoms with Gasteiger partial charge in [-0.15, -0.1) is 0 Å². The normalized spacial score (nSPS) is 52.3. The SMILES string of the molecule is CC1=CC[C@@H]2C[C@H]3C(C)(C)CCC[C@]34C[C@]35[C@@H]1C[C@H]1C(C)(C)OC(=C(C(C)C)C(=O)[C@@H]23)[C@@]15O4. The van der Waals surface area contributed by atoms with Crippen LogP contribution in [-0.2, 0) is 14.3 Å². The molecule has 3 nitrogen and oxygen atoms in total. The molecule has 2 heterocycles. The van der Waals surface area contributed by atoms with Crippen LogP contribution >= 0.6 is 0 Å². The summed E-state index contributed by atoms with van der Waals surface area (Å²) in [7, 11) is 0. The quantitative estimate of drug-likeness (QED) is 0.421. The van der Waals surface area contributed by atoms with Crippen LogP contribution in [0.15, 0.2) is 23.0 Å². The molecule has 3 bridgehead atoms. The zero-order chi connectivity index (χ0) is 23.3. The molecule has 7 aliphatic rings. The number of allylic oxidation sites excluding steroid dienone is 3. The van der Waals surface area contributed by atoms with Crippen molar-refractivity contribution in [3.8, 4) is 0 Å². The van der Waals surface area contributed by atoms with Gasteiger partial charge in [0.25, 0.3) is 0 Å². The number of hydrogen-bond donors (Lipinski definition) is 0. The summed E-state index contributed by atoms with van der Waals surface area (Å²) in [6.07, 6.45) is 10.6. The van der Waals surface area contributed by atoms with E-state index in [2.05, 4.69) is 54.5 Å². The molecule has 3 heteroatoms. The highest BCUT2D eigenvalue weighted by Gasteiger charge is 2.87. The molecule has 2 aliphatic heterocycles. The van der Waals surface area contributed by atoms with Crippen molar-refractivity contribution >= 4 is 5.78 Å². The van der Waals surface area contributed by atoms with Gasteiger partial charge in [-0.05, 0) is 88.4 Å². The number of Topliss-reactive ketones (excluding diaryl/α,β-unsaturated/α-hetero) is 1.